The molecule has 1 saturated heterocycles. The van der Waals surface area contributed by atoms with E-state index in [1.807, 2.05) is 24.3 Å². The molecule has 3 nitrogen and oxygen atoms in total. The highest BCUT2D eigenvalue weighted by atomic mass is 35.5. The first-order valence-corrected chi connectivity index (χ1v) is 8.61. The van der Waals surface area contributed by atoms with Gasteiger partial charge in [0.05, 0.1) is 0 Å². The summed E-state index contributed by atoms with van der Waals surface area (Å²) in [6, 6.07) is 16.2. The number of halogens is 1. The molecule has 0 radical (unpaired) electrons. The van der Waals surface area contributed by atoms with Crippen molar-refractivity contribution in [3.05, 3.63) is 53.6 Å². The molecule has 23 heavy (non-hydrogen) atoms. The monoisotopic (exact) mass is 330 g/mol. The van der Waals surface area contributed by atoms with Gasteiger partial charge in [0.2, 0.25) is 0 Å². The second-order valence-corrected chi connectivity index (χ2v) is 6.43. The Morgan fingerprint density at radius 1 is 1.04 bits per heavy atom. The van der Waals surface area contributed by atoms with Crippen molar-refractivity contribution in [3.63, 3.8) is 0 Å². The molecule has 2 aromatic rings. The van der Waals surface area contributed by atoms with Crippen molar-refractivity contribution in [1.82, 2.24) is 0 Å². The summed E-state index contributed by atoms with van der Waals surface area (Å²) >= 11 is 6.00. The van der Waals surface area contributed by atoms with Gasteiger partial charge in [-0.25, -0.2) is 0 Å². The SMILES string of the molecule is CCN(c1ccc(Cl)cc1)C1CCN(c2ccc(O)cc2)CC1. The fraction of sp³-hybridized carbons (Fsp3) is 0.368. The van der Waals surface area contributed by atoms with Gasteiger partial charge in [-0.2, -0.15) is 0 Å². The number of aromatic hydroxyl groups is 1. The molecule has 4 heteroatoms. The fourth-order valence-electron chi connectivity index (χ4n) is 3.38. The Morgan fingerprint density at radius 2 is 1.65 bits per heavy atom. The molecule has 2 aromatic carbocycles. The average Bonchev–Trinajstić information content (AvgIpc) is 2.59. The predicted molar refractivity (Wildman–Crippen MR) is 97.8 cm³/mol. The van der Waals surface area contributed by atoms with Gasteiger partial charge >= 0.3 is 0 Å². The lowest BCUT2D eigenvalue weighted by atomic mass is 10.0. The maximum atomic E-state index is 9.41. The van der Waals surface area contributed by atoms with Crippen LogP contribution in [-0.4, -0.2) is 30.8 Å². The molecule has 1 aliphatic heterocycles. The molecule has 0 amide bonds. The second-order valence-electron chi connectivity index (χ2n) is 6.00. The van der Waals surface area contributed by atoms with Crippen LogP contribution in [0.2, 0.25) is 5.02 Å². The van der Waals surface area contributed by atoms with Crippen LogP contribution in [0.25, 0.3) is 0 Å². The summed E-state index contributed by atoms with van der Waals surface area (Å²) in [5.74, 6) is 0.323. The second kappa shape index (κ2) is 7.14. The van der Waals surface area contributed by atoms with Gasteiger partial charge in [-0.15, -0.1) is 0 Å². The molecule has 0 unspecified atom stereocenters. The Balaban J connectivity index is 1.65. The topological polar surface area (TPSA) is 26.7 Å². The van der Waals surface area contributed by atoms with Crippen LogP contribution in [-0.2, 0) is 0 Å². The molecule has 0 atom stereocenters. The molecule has 0 saturated carbocycles. The molecular formula is C19H23ClN2O. The van der Waals surface area contributed by atoms with Crippen molar-refractivity contribution in [2.45, 2.75) is 25.8 Å². The quantitative estimate of drug-likeness (QED) is 0.891. The minimum atomic E-state index is 0.323. The van der Waals surface area contributed by atoms with Gasteiger partial charge in [0.25, 0.3) is 0 Å². The van der Waals surface area contributed by atoms with E-state index in [1.165, 1.54) is 11.4 Å². The number of hydrogen-bond acceptors (Lipinski definition) is 3. The van der Waals surface area contributed by atoms with Crippen LogP contribution in [0.3, 0.4) is 0 Å². The minimum absolute atomic E-state index is 0.323. The highest BCUT2D eigenvalue weighted by Gasteiger charge is 2.24. The van der Waals surface area contributed by atoms with Crippen LogP contribution in [0.1, 0.15) is 19.8 Å². The van der Waals surface area contributed by atoms with Gasteiger partial charge in [-0.3, -0.25) is 0 Å². The maximum Gasteiger partial charge on any atom is 0.115 e. The van der Waals surface area contributed by atoms with Crippen LogP contribution < -0.4 is 9.80 Å². The third kappa shape index (κ3) is 3.73. The third-order valence-corrected chi connectivity index (χ3v) is 4.87. The summed E-state index contributed by atoms with van der Waals surface area (Å²) in [6.07, 6.45) is 2.27. The molecule has 0 spiro atoms. The van der Waals surface area contributed by atoms with E-state index in [2.05, 4.69) is 28.9 Å². The van der Waals surface area contributed by atoms with E-state index in [9.17, 15) is 5.11 Å². The Labute approximate surface area is 143 Å². The summed E-state index contributed by atoms with van der Waals surface area (Å²) in [7, 11) is 0. The lowest BCUT2D eigenvalue weighted by Gasteiger charge is -2.40. The summed E-state index contributed by atoms with van der Waals surface area (Å²) in [5, 5.41) is 10.2. The van der Waals surface area contributed by atoms with E-state index < -0.39 is 0 Å². The number of hydrogen-bond donors (Lipinski definition) is 1. The number of piperidine rings is 1. The highest BCUT2D eigenvalue weighted by molar-refractivity contribution is 6.30. The minimum Gasteiger partial charge on any atom is -0.508 e. The van der Waals surface area contributed by atoms with E-state index in [0.29, 0.717) is 11.8 Å². The lowest BCUT2D eigenvalue weighted by molar-refractivity contribution is 0.467. The van der Waals surface area contributed by atoms with Crippen LogP contribution in [0, 0.1) is 0 Å². The smallest absolute Gasteiger partial charge is 0.115 e. The molecule has 1 aliphatic rings. The van der Waals surface area contributed by atoms with Gasteiger partial charge < -0.3 is 14.9 Å². The van der Waals surface area contributed by atoms with Crippen molar-refractivity contribution in [3.8, 4) is 5.75 Å². The molecular weight excluding hydrogens is 308 g/mol. The van der Waals surface area contributed by atoms with E-state index in [0.717, 1.165) is 37.5 Å². The zero-order valence-electron chi connectivity index (χ0n) is 13.5. The summed E-state index contributed by atoms with van der Waals surface area (Å²) in [5.41, 5.74) is 2.44. The van der Waals surface area contributed by atoms with Crippen molar-refractivity contribution >= 4 is 23.0 Å². The summed E-state index contributed by atoms with van der Waals surface area (Å²) in [4.78, 5) is 4.87. The van der Waals surface area contributed by atoms with Crippen LogP contribution in [0.4, 0.5) is 11.4 Å². The maximum absolute atomic E-state index is 9.41. The van der Waals surface area contributed by atoms with E-state index in [-0.39, 0.29) is 0 Å². The highest BCUT2D eigenvalue weighted by Crippen LogP contribution is 2.27. The van der Waals surface area contributed by atoms with Crippen molar-refractivity contribution in [2.24, 2.45) is 0 Å². The molecule has 1 N–H and O–H groups in total. The first-order valence-electron chi connectivity index (χ1n) is 8.23. The van der Waals surface area contributed by atoms with E-state index in [1.54, 1.807) is 12.1 Å². The number of rotatable bonds is 4. The van der Waals surface area contributed by atoms with Crippen molar-refractivity contribution < 1.29 is 5.11 Å². The Bertz CT molecular complexity index is 619. The van der Waals surface area contributed by atoms with Gasteiger partial charge in [0, 0.05) is 42.1 Å². The number of phenolic OH excluding ortho intramolecular Hbond substituents is 1. The van der Waals surface area contributed by atoms with E-state index in [4.69, 9.17) is 11.6 Å². The van der Waals surface area contributed by atoms with E-state index >= 15 is 0 Å². The Morgan fingerprint density at radius 3 is 2.22 bits per heavy atom. The molecule has 0 aromatic heterocycles. The summed E-state index contributed by atoms with van der Waals surface area (Å²) < 4.78 is 0. The predicted octanol–water partition coefficient (Wildman–Crippen LogP) is 4.54. The van der Waals surface area contributed by atoms with Crippen molar-refractivity contribution in [2.75, 3.05) is 29.4 Å². The first-order chi connectivity index (χ1) is 11.2. The standard InChI is InChI=1S/C19H23ClN2O/c1-2-22(17-5-3-15(20)4-6-17)18-11-13-21(14-12-18)16-7-9-19(23)10-8-16/h3-10,18,23H,2,11-14H2,1H3. The fourth-order valence-corrected chi connectivity index (χ4v) is 3.51. The van der Waals surface area contributed by atoms with Gasteiger partial charge in [-0.1, -0.05) is 11.6 Å². The lowest BCUT2D eigenvalue weighted by Crippen LogP contribution is -2.45. The summed E-state index contributed by atoms with van der Waals surface area (Å²) in [6.45, 7) is 5.30. The number of anilines is 2. The largest absolute Gasteiger partial charge is 0.508 e. The molecule has 3 rings (SSSR count). The van der Waals surface area contributed by atoms with Gasteiger partial charge in [-0.05, 0) is 68.3 Å². The zero-order valence-corrected chi connectivity index (χ0v) is 14.2. The Hall–Kier alpha value is -1.87. The van der Waals surface area contributed by atoms with Gasteiger partial charge in [0.15, 0.2) is 0 Å². The van der Waals surface area contributed by atoms with Crippen LogP contribution in [0.15, 0.2) is 48.5 Å². The number of nitrogens with zero attached hydrogens (tertiary/aromatic N) is 2. The number of phenols is 1. The molecule has 122 valence electrons. The van der Waals surface area contributed by atoms with Crippen LogP contribution >= 0.6 is 11.6 Å². The average molecular weight is 331 g/mol. The first kappa shape index (κ1) is 16.0. The zero-order chi connectivity index (χ0) is 16.2. The van der Waals surface area contributed by atoms with Gasteiger partial charge in [0.1, 0.15) is 5.75 Å². The van der Waals surface area contributed by atoms with Crippen LogP contribution in [0.5, 0.6) is 5.75 Å². The molecule has 1 heterocycles. The molecule has 0 bridgehead atoms. The molecule has 0 aliphatic carbocycles. The Kier molecular flexibility index (Phi) is 4.97. The number of benzene rings is 2. The third-order valence-electron chi connectivity index (χ3n) is 4.62. The van der Waals surface area contributed by atoms with Crippen molar-refractivity contribution in [1.29, 1.82) is 0 Å². The molecule has 1 fully saturated rings. The normalized spacial score (nSPS) is 15.7.